The van der Waals surface area contributed by atoms with Gasteiger partial charge in [-0.05, 0) is 31.7 Å². The summed E-state index contributed by atoms with van der Waals surface area (Å²) >= 11 is 0. The van der Waals surface area contributed by atoms with Gasteiger partial charge in [0, 0.05) is 19.6 Å². The van der Waals surface area contributed by atoms with Gasteiger partial charge in [-0.15, -0.1) is 0 Å². The van der Waals surface area contributed by atoms with Crippen LogP contribution in [0.5, 0.6) is 0 Å². The Balaban J connectivity index is 3.01. The molecule has 0 fully saturated rings. The fourth-order valence-electron chi connectivity index (χ4n) is 2.15. The van der Waals surface area contributed by atoms with Crippen molar-refractivity contribution in [1.82, 2.24) is 14.7 Å². The van der Waals surface area contributed by atoms with E-state index in [2.05, 4.69) is 32.8 Å². The number of hydrogen-bond donors (Lipinski definition) is 0. The van der Waals surface area contributed by atoms with Crippen molar-refractivity contribution in [1.29, 1.82) is 0 Å². The van der Waals surface area contributed by atoms with Crippen LogP contribution in [-0.4, -0.2) is 33.7 Å². The minimum absolute atomic E-state index is 0.116. The number of aryl methyl sites for hydroxylation is 1. The van der Waals surface area contributed by atoms with E-state index >= 15 is 0 Å². The molecule has 0 aromatic carbocycles. The second-order valence-corrected chi connectivity index (χ2v) is 5.22. The van der Waals surface area contributed by atoms with Gasteiger partial charge in [-0.2, -0.15) is 5.10 Å². The number of amides is 1. The van der Waals surface area contributed by atoms with Gasteiger partial charge in [0.2, 0.25) is 0 Å². The predicted octanol–water partition coefficient (Wildman–Crippen LogP) is 3.29. The predicted molar refractivity (Wildman–Crippen MR) is 78.5 cm³/mol. The summed E-state index contributed by atoms with van der Waals surface area (Å²) in [7, 11) is 0. The van der Waals surface area contributed by atoms with Crippen LogP contribution >= 0.6 is 0 Å². The molecule has 0 spiro atoms. The van der Waals surface area contributed by atoms with E-state index in [1.807, 2.05) is 22.6 Å². The highest BCUT2D eigenvalue weighted by Gasteiger charge is 2.20. The van der Waals surface area contributed by atoms with Crippen LogP contribution in [0.1, 0.15) is 69.6 Å². The van der Waals surface area contributed by atoms with Gasteiger partial charge in [0.1, 0.15) is 5.69 Å². The molecule has 0 saturated heterocycles. The topological polar surface area (TPSA) is 38.1 Å². The average Bonchev–Trinajstić information content (AvgIpc) is 2.82. The summed E-state index contributed by atoms with van der Waals surface area (Å²) in [6, 6.07) is 1.95. The Morgan fingerprint density at radius 3 is 2.26 bits per heavy atom. The molecule has 0 aliphatic rings. The van der Waals surface area contributed by atoms with Crippen LogP contribution in [0.25, 0.3) is 0 Å². The highest BCUT2D eigenvalue weighted by atomic mass is 16.2. The smallest absolute Gasteiger partial charge is 0.272 e. The molecule has 1 rings (SSSR count). The number of rotatable bonds is 7. The van der Waals surface area contributed by atoms with Crippen LogP contribution in [0.3, 0.4) is 0 Å². The Bertz CT molecular complexity index is 404. The third-order valence-electron chi connectivity index (χ3n) is 3.18. The normalized spacial score (nSPS) is 11.1. The van der Waals surface area contributed by atoms with E-state index in [0.717, 1.165) is 43.9 Å². The quantitative estimate of drug-likeness (QED) is 0.758. The molecular formula is C15H27N3O. The van der Waals surface area contributed by atoms with E-state index in [1.54, 1.807) is 0 Å². The molecule has 1 aromatic heterocycles. The maximum atomic E-state index is 12.6. The number of carbonyl (C=O) groups excluding carboxylic acids is 1. The van der Waals surface area contributed by atoms with Gasteiger partial charge >= 0.3 is 0 Å². The Hall–Kier alpha value is -1.32. The number of nitrogens with zero attached hydrogens (tertiary/aromatic N) is 3. The molecular weight excluding hydrogens is 238 g/mol. The third-order valence-corrected chi connectivity index (χ3v) is 3.18. The SMILES string of the molecule is CCCN(CCC)C(=O)c1cc(C(C)C)nn1CC. The molecule has 1 heterocycles. The van der Waals surface area contributed by atoms with Gasteiger partial charge in [-0.25, -0.2) is 0 Å². The lowest BCUT2D eigenvalue weighted by Crippen LogP contribution is -2.34. The molecule has 0 saturated carbocycles. The molecule has 4 nitrogen and oxygen atoms in total. The highest BCUT2D eigenvalue weighted by Crippen LogP contribution is 2.16. The van der Waals surface area contributed by atoms with E-state index in [0.29, 0.717) is 5.92 Å². The average molecular weight is 265 g/mol. The molecule has 0 aliphatic heterocycles. The fourth-order valence-corrected chi connectivity index (χ4v) is 2.15. The molecule has 0 bridgehead atoms. The van der Waals surface area contributed by atoms with E-state index in [1.165, 1.54) is 0 Å². The Morgan fingerprint density at radius 1 is 1.26 bits per heavy atom. The zero-order valence-electron chi connectivity index (χ0n) is 12.9. The van der Waals surface area contributed by atoms with Gasteiger partial charge in [0.15, 0.2) is 0 Å². The van der Waals surface area contributed by atoms with Crippen LogP contribution in [0, 0.1) is 0 Å². The fraction of sp³-hybridized carbons (Fsp3) is 0.733. The van der Waals surface area contributed by atoms with E-state index in [9.17, 15) is 4.79 Å². The third kappa shape index (κ3) is 3.82. The lowest BCUT2D eigenvalue weighted by molar-refractivity contribution is 0.0743. The van der Waals surface area contributed by atoms with Crippen molar-refractivity contribution in [2.75, 3.05) is 13.1 Å². The summed E-state index contributed by atoms with van der Waals surface area (Å²) in [4.78, 5) is 14.5. The van der Waals surface area contributed by atoms with Crippen molar-refractivity contribution in [2.24, 2.45) is 0 Å². The second-order valence-electron chi connectivity index (χ2n) is 5.22. The first-order valence-corrected chi connectivity index (χ1v) is 7.42. The van der Waals surface area contributed by atoms with Crippen LogP contribution in [0.4, 0.5) is 0 Å². The van der Waals surface area contributed by atoms with Gasteiger partial charge in [-0.1, -0.05) is 27.7 Å². The molecule has 0 N–H and O–H groups in total. The van der Waals surface area contributed by atoms with Crippen molar-refractivity contribution >= 4 is 5.91 Å². The number of aromatic nitrogens is 2. The van der Waals surface area contributed by atoms with Gasteiger partial charge in [-0.3, -0.25) is 9.48 Å². The molecule has 1 aromatic rings. The Kier molecular flexibility index (Phi) is 6.06. The minimum atomic E-state index is 0.116. The molecule has 0 aliphatic carbocycles. The molecule has 19 heavy (non-hydrogen) atoms. The summed E-state index contributed by atoms with van der Waals surface area (Å²) < 4.78 is 1.83. The van der Waals surface area contributed by atoms with Crippen LogP contribution in [0.15, 0.2) is 6.07 Å². The zero-order chi connectivity index (χ0) is 14.4. The Morgan fingerprint density at radius 2 is 1.84 bits per heavy atom. The summed E-state index contributed by atoms with van der Waals surface area (Å²) in [6.07, 6.45) is 1.98. The largest absolute Gasteiger partial charge is 0.337 e. The summed E-state index contributed by atoms with van der Waals surface area (Å²) in [5.41, 5.74) is 1.73. The molecule has 4 heteroatoms. The van der Waals surface area contributed by atoms with Crippen molar-refractivity contribution in [3.63, 3.8) is 0 Å². The summed E-state index contributed by atoms with van der Waals surface area (Å²) in [5, 5.41) is 4.52. The minimum Gasteiger partial charge on any atom is -0.337 e. The Labute approximate surface area is 116 Å². The maximum Gasteiger partial charge on any atom is 0.272 e. The van der Waals surface area contributed by atoms with E-state index in [4.69, 9.17) is 0 Å². The van der Waals surface area contributed by atoms with Crippen molar-refractivity contribution < 1.29 is 4.79 Å². The van der Waals surface area contributed by atoms with Crippen LogP contribution < -0.4 is 0 Å². The lowest BCUT2D eigenvalue weighted by atomic mass is 10.1. The first-order chi connectivity index (χ1) is 9.04. The maximum absolute atomic E-state index is 12.6. The van der Waals surface area contributed by atoms with E-state index in [-0.39, 0.29) is 5.91 Å². The van der Waals surface area contributed by atoms with E-state index < -0.39 is 0 Å². The molecule has 1 amide bonds. The first-order valence-electron chi connectivity index (χ1n) is 7.42. The van der Waals surface area contributed by atoms with Crippen molar-refractivity contribution in [3.8, 4) is 0 Å². The summed E-state index contributed by atoms with van der Waals surface area (Å²) in [6.45, 7) is 12.8. The second kappa shape index (κ2) is 7.31. The van der Waals surface area contributed by atoms with Gasteiger partial charge in [0.25, 0.3) is 5.91 Å². The highest BCUT2D eigenvalue weighted by molar-refractivity contribution is 5.92. The van der Waals surface area contributed by atoms with Gasteiger partial charge < -0.3 is 4.90 Å². The van der Waals surface area contributed by atoms with Crippen LogP contribution in [-0.2, 0) is 6.54 Å². The monoisotopic (exact) mass is 265 g/mol. The molecule has 0 unspecified atom stereocenters. The molecule has 108 valence electrons. The van der Waals surface area contributed by atoms with Gasteiger partial charge in [0.05, 0.1) is 5.69 Å². The molecule has 0 atom stereocenters. The first kappa shape index (κ1) is 15.7. The standard InChI is InChI=1S/C15H27N3O/c1-6-9-17(10-7-2)15(19)14-11-13(12(4)5)16-18(14)8-3/h11-12H,6-10H2,1-5H3. The van der Waals surface area contributed by atoms with Crippen LogP contribution in [0.2, 0.25) is 0 Å². The van der Waals surface area contributed by atoms with Crippen molar-refractivity contribution in [2.45, 2.75) is 59.9 Å². The molecule has 0 radical (unpaired) electrons. The number of carbonyl (C=O) groups is 1. The zero-order valence-corrected chi connectivity index (χ0v) is 12.9. The van der Waals surface area contributed by atoms with Crippen molar-refractivity contribution in [3.05, 3.63) is 17.5 Å². The summed E-state index contributed by atoms with van der Waals surface area (Å²) in [5.74, 6) is 0.468. The number of hydrogen-bond acceptors (Lipinski definition) is 2. The lowest BCUT2D eigenvalue weighted by Gasteiger charge is -2.21.